The normalized spacial score (nSPS) is 12.4. The maximum atomic E-state index is 6.31. The summed E-state index contributed by atoms with van der Waals surface area (Å²) in [7, 11) is 0. The Bertz CT molecular complexity index is 569. The van der Waals surface area contributed by atoms with Gasteiger partial charge in [-0.3, -0.25) is 0 Å². The fourth-order valence-corrected chi connectivity index (χ4v) is 2.55. The second-order valence-electron chi connectivity index (χ2n) is 5.26. The van der Waals surface area contributed by atoms with Crippen LogP contribution < -0.4 is 4.74 Å². The van der Waals surface area contributed by atoms with Crippen molar-refractivity contribution in [3.05, 3.63) is 40.2 Å². The molecule has 0 spiro atoms. The molecule has 0 radical (unpaired) electrons. The Morgan fingerprint density at radius 1 is 1.33 bits per heavy atom. The summed E-state index contributed by atoms with van der Waals surface area (Å²) < 4.78 is 5.92. The first-order chi connectivity index (χ1) is 10.2. The third kappa shape index (κ3) is 3.97. The van der Waals surface area contributed by atoms with Crippen molar-refractivity contribution >= 4 is 11.6 Å². The van der Waals surface area contributed by atoms with Crippen LogP contribution in [0.3, 0.4) is 0 Å². The molecule has 0 bridgehead atoms. The van der Waals surface area contributed by atoms with Gasteiger partial charge in [0.2, 0.25) is 0 Å². The van der Waals surface area contributed by atoms with E-state index in [1.165, 1.54) is 0 Å². The molecule has 0 aliphatic rings. The first-order valence-electron chi connectivity index (χ1n) is 7.43. The van der Waals surface area contributed by atoms with Gasteiger partial charge in [0.25, 0.3) is 0 Å². The van der Waals surface area contributed by atoms with Crippen LogP contribution in [0, 0.1) is 6.92 Å². The molecular formula is C16H22ClN3O. The Balaban J connectivity index is 2.31. The molecule has 1 N–H and O–H groups in total. The fourth-order valence-electron chi connectivity index (χ4n) is 2.38. The zero-order valence-corrected chi connectivity index (χ0v) is 13.6. The summed E-state index contributed by atoms with van der Waals surface area (Å²) in [6.45, 7) is 7.00. The number of aromatic nitrogens is 3. The molecule has 0 fully saturated rings. The molecule has 2 aromatic rings. The van der Waals surface area contributed by atoms with Crippen LogP contribution in [0.4, 0.5) is 0 Å². The van der Waals surface area contributed by atoms with Crippen molar-refractivity contribution in [2.75, 3.05) is 6.61 Å². The molecule has 0 saturated carbocycles. The molecule has 21 heavy (non-hydrogen) atoms. The Morgan fingerprint density at radius 2 is 2.14 bits per heavy atom. The molecule has 1 atom stereocenters. The van der Waals surface area contributed by atoms with E-state index in [0.717, 1.165) is 46.9 Å². The number of rotatable bonds is 7. The Kier molecular flexibility index (Phi) is 5.62. The number of aryl methyl sites for hydroxylation is 1. The largest absolute Gasteiger partial charge is 0.493 e. The summed E-state index contributed by atoms with van der Waals surface area (Å²) in [5, 5.41) is 11.5. The lowest BCUT2D eigenvalue weighted by molar-refractivity contribution is 0.311. The van der Waals surface area contributed by atoms with Gasteiger partial charge >= 0.3 is 0 Å². The second kappa shape index (κ2) is 7.46. The van der Waals surface area contributed by atoms with E-state index < -0.39 is 0 Å². The molecule has 1 unspecified atom stereocenters. The van der Waals surface area contributed by atoms with Gasteiger partial charge in [0.05, 0.1) is 18.5 Å². The van der Waals surface area contributed by atoms with Crippen LogP contribution in [0.5, 0.6) is 5.75 Å². The Hall–Kier alpha value is -1.55. The van der Waals surface area contributed by atoms with Gasteiger partial charge in [-0.1, -0.05) is 25.4 Å². The quantitative estimate of drug-likeness (QED) is 0.830. The van der Waals surface area contributed by atoms with E-state index >= 15 is 0 Å². The molecule has 0 saturated heterocycles. The predicted octanol–water partition coefficient (Wildman–Crippen LogP) is 4.29. The van der Waals surface area contributed by atoms with Gasteiger partial charge in [0.15, 0.2) is 0 Å². The number of nitrogens with one attached hydrogen (secondary N) is 1. The van der Waals surface area contributed by atoms with Crippen molar-refractivity contribution in [3.8, 4) is 5.75 Å². The number of hydrogen-bond donors (Lipinski definition) is 1. The monoisotopic (exact) mass is 307 g/mol. The van der Waals surface area contributed by atoms with Gasteiger partial charge in [0, 0.05) is 11.4 Å². The average molecular weight is 308 g/mol. The lowest BCUT2D eigenvalue weighted by atomic mass is 9.90. The molecule has 1 aromatic heterocycles. The zero-order chi connectivity index (χ0) is 15.2. The topological polar surface area (TPSA) is 50.8 Å². The molecule has 4 nitrogen and oxygen atoms in total. The van der Waals surface area contributed by atoms with Crippen molar-refractivity contribution in [3.63, 3.8) is 0 Å². The molecule has 0 aliphatic heterocycles. The molecule has 0 amide bonds. The minimum Gasteiger partial charge on any atom is -0.493 e. The highest BCUT2D eigenvalue weighted by Crippen LogP contribution is 2.35. The summed E-state index contributed by atoms with van der Waals surface area (Å²) in [5.41, 5.74) is 3.16. The van der Waals surface area contributed by atoms with E-state index in [1.54, 1.807) is 6.20 Å². The lowest BCUT2D eigenvalue weighted by Gasteiger charge is -2.20. The number of ether oxygens (including phenoxy) is 1. The van der Waals surface area contributed by atoms with E-state index in [4.69, 9.17) is 16.3 Å². The highest BCUT2D eigenvalue weighted by atomic mass is 35.5. The number of nitrogens with zero attached hydrogens (tertiary/aromatic N) is 2. The van der Waals surface area contributed by atoms with E-state index in [-0.39, 0.29) is 0 Å². The number of halogens is 1. The summed E-state index contributed by atoms with van der Waals surface area (Å²) in [5.74, 6) is 1.26. The van der Waals surface area contributed by atoms with Crippen molar-refractivity contribution in [2.24, 2.45) is 0 Å². The van der Waals surface area contributed by atoms with E-state index in [1.807, 2.05) is 19.1 Å². The smallest absolute Gasteiger partial charge is 0.123 e. The molecule has 114 valence electrons. The first kappa shape index (κ1) is 15.8. The number of H-pyrrole nitrogens is 1. The van der Waals surface area contributed by atoms with Crippen molar-refractivity contribution in [1.29, 1.82) is 0 Å². The average Bonchev–Trinajstić information content (AvgIpc) is 2.98. The summed E-state index contributed by atoms with van der Waals surface area (Å²) in [6, 6.07) is 4.08. The van der Waals surface area contributed by atoms with Crippen LogP contribution in [0.25, 0.3) is 0 Å². The molecule has 5 heteroatoms. The first-order valence-corrected chi connectivity index (χ1v) is 7.81. The highest BCUT2D eigenvalue weighted by Gasteiger charge is 2.18. The molecular weight excluding hydrogens is 286 g/mol. The fraction of sp³-hybridized carbons (Fsp3) is 0.500. The van der Waals surface area contributed by atoms with Gasteiger partial charge in [0.1, 0.15) is 5.75 Å². The number of hydrogen-bond acceptors (Lipinski definition) is 3. The van der Waals surface area contributed by atoms with Crippen LogP contribution in [-0.2, 0) is 6.42 Å². The maximum absolute atomic E-state index is 6.31. The van der Waals surface area contributed by atoms with Gasteiger partial charge in [-0.2, -0.15) is 15.4 Å². The van der Waals surface area contributed by atoms with Crippen LogP contribution in [0.2, 0.25) is 5.02 Å². The minimum absolute atomic E-state index is 0.319. The van der Waals surface area contributed by atoms with Crippen LogP contribution in [0.1, 0.15) is 49.4 Å². The summed E-state index contributed by atoms with van der Waals surface area (Å²) in [4.78, 5) is 0. The zero-order valence-electron chi connectivity index (χ0n) is 12.8. The van der Waals surface area contributed by atoms with Crippen molar-refractivity contribution in [1.82, 2.24) is 15.4 Å². The molecule has 0 aliphatic carbocycles. The molecule has 1 heterocycles. The summed E-state index contributed by atoms with van der Waals surface area (Å²) >= 11 is 6.31. The van der Waals surface area contributed by atoms with Crippen LogP contribution in [0.15, 0.2) is 18.3 Å². The minimum atomic E-state index is 0.319. The Labute approximate surface area is 130 Å². The summed E-state index contributed by atoms with van der Waals surface area (Å²) in [6.07, 6.45) is 4.58. The van der Waals surface area contributed by atoms with Crippen LogP contribution in [-0.4, -0.2) is 22.0 Å². The predicted molar refractivity (Wildman–Crippen MR) is 85.1 cm³/mol. The standard InChI is InChI=1S/C16H22ClN3O/c1-4-6-21-16-7-11(3)15(17)9-14(16)12(5-2)8-13-10-18-20-19-13/h7,9-10,12H,4-6,8H2,1-3H3,(H,18,19,20). The van der Waals surface area contributed by atoms with Gasteiger partial charge < -0.3 is 4.74 Å². The second-order valence-corrected chi connectivity index (χ2v) is 5.67. The van der Waals surface area contributed by atoms with Crippen molar-refractivity contribution < 1.29 is 4.74 Å². The molecule has 2 rings (SSSR count). The van der Waals surface area contributed by atoms with E-state index in [9.17, 15) is 0 Å². The Morgan fingerprint density at radius 3 is 2.76 bits per heavy atom. The number of benzene rings is 1. The van der Waals surface area contributed by atoms with Gasteiger partial charge in [-0.05, 0) is 48.9 Å². The van der Waals surface area contributed by atoms with Crippen molar-refractivity contribution in [2.45, 2.75) is 46.0 Å². The van der Waals surface area contributed by atoms with Gasteiger partial charge in [-0.25, -0.2) is 0 Å². The maximum Gasteiger partial charge on any atom is 0.123 e. The van der Waals surface area contributed by atoms with Gasteiger partial charge in [-0.15, -0.1) is 0 Å². The van der Waals surface area contributed by atoms with E-state index in [2.05, 4.69) is 29.3 Å². The van der Waals surface area contributed by atoms with E-state index in [0.29, 0.717) is 12.5 Å². The highest BCUT2D eigenvalue weighted by molar-refractivity contribution is 6.31. The SMILES string of the molecule is CCCOc1cc(C)c(Cl)cc1C(CC)Cc1cn[nH]n1. The lowest BCUT2D eigenvalue weighted by Crippen LogP contribution is -2.07. The third-order valence-corrected chi connectivity index (χ3v) is 4.01. The number of aromatic amines is 1. The van der Waals surface area contributed by atoms with Crippen LogP contribution >= 0.6 is 11.6 Å². The molecule has 1 aromatic carbocycles. The third-order valence-electron chi connectivity index (χ3n) is 3.61.